The first-order valence-corrected chi connectivity index (χ1v) is 8.56. The Hall–Kier alpha value is -2.25. The van der Waals surface area contributed by atoms with E-state index < -0.39 is 5.97 Å². The van der Waals surface area contributed by atoms with Crippen LogP contribution in [0, 0.1) is 0 Å². The van der Waals surface area contributed by atoms with E-state index in [1.54, 1.807) is 24.3 Å². The largest absolute Gasteiger partial charge is 0.465 e. The molecule has 0 aliphatic carbocycles. The first-order valence-electron chi connectivity index (χ1n) is 8.56. The lowest BCUT2D eigenvalue weighted by molar-refractivity contribution is -0.123. The second-order valence-corrected chi connectivity index (χ2v) is 6.30. The van der Waals surface area contributed by atoms with Crippen LogP contribution in [0.1, 0.15) is 23.7 Å². The van der Waals surface area contributed by atoms with Gasteiger partial charge >= 0.3 is 5.97 Å². The minimum absolute atomic E-state index is 0.180. The minimum Gasteiger partial charge on any atom is -0.465 e. The Kier molecular flexibility index (Phi) is 5.15. The third-order valence-electron chi connectivity index (χ3n) is 4.96. The fourth-order valence-electron chi connectivity index (χ4n) is 3.43. The third kappa shape index (κ3) is 3.43. The average Bonchev–Trinajstić information content (AvgIpc) is 2.95. The summed E-state index contributed by atoms with van der Waals surface area (Å²) in [6, 6.07) is 5.97. The number of imide groups is 1. The van der Waals surface area contributed by atoms with Gasteiger partial charge in [-0.15, -0.1) is 0 Å². The Morgan fingerprint density at radius 1 is 1.12 bits per heavy atom. The number of rotatable bonds is 4. The van der Waals surface area contributed by atoms with Crippen LogP contribution in [-0.4, -0.2) is 73.5 Å². The number of esters is 1. The van der Waals surface area contributed by atoms with Crippen molar-refractivity contribution in [1.29, 1.82) is 0 Å². The van der Waals surface area contributed by atoms with Crippen LogP contribution in [0.3, 0.4) is 0 Å². The molecule has 25 heavy (non-hydrogen) atoms. The lowest BCUT2D eigenvalue weighted by Gasteiger charge is -2.36. The highest BCUT2D eigenvalue weighted by Crippen LogP contribution is 2.26. The number of benzene rings is 1. The van der Waals surface area contributed by atoms with Crippen LogP contribution in [-0.2, 0) is 14.3 Å². The molecule has 0 unspecified atom stereocenters. The number of amides is 2. The number of hydrogen-bond acceptors (Lipinski definition) is 6. The topological polar surface area (TPSA) is 70.2 Å². The lowest BCUT2D eigenvalue weighted by Crippen LogP contribution is -2.52. The van der Waals surface area contributed by atoms with Crippen LogP contribution in [0.15, 0.2) is 24.3 Å². The van der Waals surface area contributed by atoms with Gasteiger partial charge in [-0.1, -0.05) is 6.92 Å². The molecule has 1 aromatic carbocycles. The molecule has 2 aliphatic rings. The van der Waals surface area contributed by atoms with Gasteiger partial charge in [-0.3, -0.25) is 14.5 Å². The van der Waals surface area contributed by atoms with Crippen molar-refractivity contribution in [2.45, 2.75) is 19.4 Å². The van der Waals surface area contributed by atoms with Crippen molar-refractivity contribution in [3.63, 3.8) is 0 Å². The number of piperazine rings is 1. The Balaban J connectivity index is 1.72. The van der Waals surface area contributed by atoms with Gasteiger partial charge in [0.25, 0.3) is 5.91 Å². The number of carbonyl (C=O) groups is 3. The van der Waals surface area contributed by atoms with Gasteiger partial charge in [0.1, 0.15) is 0 Å². The maximum absolute atomic E-state index is 12.8. The molecule has 1 atom stereocenters. The molecule has 0 aromatic heterocycles. The molecule has 134 valence electrons. The second kappa shape index (κ2) is 7.33. The van der Waals surface area contributed by atoms with E-state index in [2.05, 4.69) is 21.5 Å². The summed E-state index contributed by atoms with van der Waals surface area (Å²) in [5.41, 5.74) is 0.884. The first-order chi connectivity index (χ1) is 12.0. The fraction of sp³-hybridized carbons (Fsp3) is 0.500. The molecule has 0 bridgehead atoms. The molecule has 2 aliphatic heterocycles. The van der Waals surface area contributed by atoms with Crippen LogP contribution in [0.5, 0.6) is 0 Å². The van der Waals surface area contributed by atoms with Crippen molar-refractivity contribution in [3.8, 4) is 0 Å². The Labute approximate surface area is 147 Å². The Morgan fingerprint density at radius 2 is 1.76 bits per heavy atom. The second-order valence-electron chi connectivity index (χ2n) is 6.30. The molecule has 0 saturated carbocycles. The Bertz CT molecular complexity index is 665. The van der Waals surface area contributed by atoms with E-state index >= 15 is 0 Å². The van der Waals surface area contributed by atoms with Crippen molar-refractivity contribution in [1.82, 2.24) is 9.80 Å². The van der Waals surface area contributed by atoms with Crippen LogP contribution < -0.4 is 4.90 Å². The Morgan fingerprint density at radius 3 is 2.32 bits per heavy atom. The summed E-state index contributed by atoms with van der Waals surface area (Å²) in [6.45, 7) is 6.56. The zero-order valence-corrected chi connectivity index (χ0v) is 14.6. The lowest BCUT2D eigenvalue weighted by atomic mass is 10.1. The van der Waals surface area contributed by atoms with Crippen LogP contribution in [0.25, 0.3) is 0 Å². The van der Waals surface area contributed by atoms with E-state index in [1.807, 2.05) is 0 Å². The molecule has 0 spiro atoms. The highest BCUT2D eigenvalue weighted by atomic mass is 16.5. The molecular formula is C18H23N3O4. The number of carbonyl (C=O) groups excluding carboxylic acids is 3. The number of ether oxygens (including phenoxy) is 1. The number of nitrogens with zero attached hydrogens (tertiary/aromatic N) is 3. The molecule has 1 aromatic rings. The van der Waals surface area contributed by atoms with Crippen molar-refractivity contribution in [2.24, 2.45) is 0 Å². The van der Waals surface area contributed by atoms with Gasteiger partial charge in [0.2, 0.25) is 5.91 Å². The van der Waals surface area contributed by atoms with Crippen molar-refractivity contribution < 1.29 is 19.1 Å². The third-order valence-corrected chi connectivity index (χ3v) is 4.96. The summed E-state index contributed by atoms with van der Waals surface area (Å²) in [5.74, 6) is -0.822. The van der Waals surface area contributed by atoms with Gasteiger partial charge in [-0.25, -0.2) is 9.69 Å². The van der Waals surface area contributed by atoms with E-state index in [4.69, 9.17) is 0 Å². The number of anilines is 1. The SMILES string of the molecule is CCN1CCN([C@H]2CC(=O)N(c3ccc(C(=O)OC)cc3)C2=O)CC1. The van der Waals surface area contributed by atoms with Crippen molar-refractivity contribution >= 4 is 23.5 Å². The van der Waals surface area contributed by atoms with Gasteiger partial charge in [-0.2, -0.15) is 0 Å². The molecule has 0 N–H and O–H groups in total. The fourth-order valence-corrected chi connectivity index (χ4v) is 3.43. The highest BCUT2D eigenvalue weighted by molar-refractivity contribution is 6.22. The summed E-state index contributed by atoms with van der Waals surface area (Å²) in [4.78, 5) is 42.4. The van der Waals surface area contributed by atoms with E-state index in [1.165, 1.54) is 12.0 Å². The van der Waals surface area contributed by atoms with Crippen LogP contribution >= 0.6 is 0 Å². The maximum Gasteiger partial charge on any atom is 0.337 e. The summed E-state index contributed by atoms with van der Waals surface area (Å²) < 4.78 is 4.66. The molecular weight excluding hydrogens is 322 g/mol. The summed E-state index contributed by atoms with van der Waals surface area (Å²) in [7, 11) is 1.31. The van der Waals surface area contributed by atoms with Gasteiger partial charge in [0.15, 0.2) is 0 Å². The van der Waals surface area contributed by atoms with Gasteiger partial charge in [0.05, 0.1) is 30.8 Å². The van der Waals surface area contributed by atoms with Gasteiger partial charge < -0.3 is 9.64 Å². The molecule has 7 nitrogen and oxygen atoms in total. The summed E-state index contributed by atoms with van der Waals surface area (Å²) in [6.07, 6.45) is 0.212. The molecule has 3 rings (SSSR count). The summed E-state index contributed by atoms with van der Waals surface area (Å²) >= 11 is 0. The molecule has 7 heteroatoms. The molecule has 2 heterocycles. The van der Waals surface area contributed by atoms with E-state index in [-0.39, 0.29) is 24.3 Å². The quantitative estimate of drug-likeness (QED) is 0.592. The smallest absolute Gasteiger partial charge is 0.337 e. The number of likely N-dealkylation sites (N-methyl/N-ethyl adjacent to an activating group) is 1. The van der Waals surface area contributed by atoms with Crippen molar-refractivity contribution in [3.05, 3.63) is 29.8 Å². The van der Waals surface area contributed by atoms with E-state index in [9.17, 15) is 14.4 Å². The van der Waals surface area contributed by atoms with E-state index in [0.29, 0.717) is 11.3 Å². The van der Waals surface area contributed by atoms with E-state index in [0.717, 1.165) is 32.7 Å². The van der Waals surface area contributed by atoms with Gasteiger partial charge in [-0.05, 0) is 30.8 Å². The maximum atomic E-state index is 12.8. The average molecular weight is 345 g/mol. The molecule has 2 amide bonds. The zero-order valence-electron chi connectivity index (χ0n) is 14.6. The van der Waals surface area contributed by atoms with Gasteiger partial charge in [0, 0.05) is 26.2 Å². The molecule has 0 radical (unpaired) electrons. The predicted molar refractivity (Wildman–Crippen MR) is 92.4 cm³/mol. The summed E-state index contributed by atoms with van der Waals surface area (Å²) in [5, 5.41) is 0. The molecule has 2 saturated heterocycles. The highest BCUT2D eigenvalue weighted by Gasteiger charge is 2.43. The van der Waals surface area contributed by atoms with Crippen LogP contribution in [0.2, 0.25) is 0 Å². The van der Waals surface area contributed by atoms with Crippen molar-refractivity contribution in [2.75, 3.05) is 44.7 Å². The minimum atomic E-state index is -0.447. The standard InChI is InChI=1S/C18H23N3O4/c1-3-19-8-10-20(11-9-19)15-12-16(22)21(17(15)23)14-6-4-13(5-7-14)18(24)25-2/h4-7,15H,3,8-12H2,1-2H3/t15-/m0/s1. The van der Waals surface area contributed by atoms with Crippen LogP contribution in [0.4, 0.5) is 5.69 Å². The first kappa shape index (κ1) is 17.6. The monoisotopic (exact) mass is 345 g/mol. The molecule has 2 fully saturated rings. The number of hydrogen-bond donors (Lipinski definition) is 0. The number of methoxy groups -OCH3 is 1. The normalized spacial score (nSPS) is 22.5. The zero-order chi connectivity index (χ0) is 18.0. The predicted octanol–water partition coefficient (Wildman–Crippen LogP) is 0.743.